The molecule has 3 nitrogen and oxygen atoms in total. The second-order valence-electron chi connectivity index (χ2n) is 6.95. The van der Waals surface area contributed by atoms with Gasteiger partial charge in [0.25, 0.3) is 0 Å². The molecule has 29 heavy (non-hydrogen) atoms. The molecule has 1 heterocycles. The number of esters is 1. The Morgan fingerprint density at radius 3 is 1.69 bits per heavy atom. The fraction of sp³-hybridized carbons (Fsp3) is 0.0385. The van der Waals surface area contributed by atoms with Crippen molar-refractivity contribution in [3.8, 4) is 5.75 Å². The van der Waals surface area contributed by atoms with E-state index in [1.54, 1.807) is 12.1 Å². The third-order valence-corrected chi connectivity index (χ3v) is 5.18. The molecule has 0 N–H and O–H groups in total. The van der Waals surface area contributed by atoms with Crippen LogP contribution >= 0.6 is 0 Å². The van der Waals surface area contributed by atoms with Crippen LogP contribution in [0.5, 0.6) is 5.75 Å². The second-order valence-corrected chi connectivity index (χ2v) is 6.95. The van der Waals surface area contributed by atoms with Gasteiger partial charge >= 0.3 is 5.97 Å². The van der Waals surface area contributed by atoms with E-state index in [4.69, 9.17) is 4.74 Å². The highest BCUT2D eigenvalue weighted by molar-refractivity contribution is 6.09. The van der Waals surface area contributed by atoms with Crippen LogP contribution < -0.4 is 4.74 Å². The van der Waals surface area contributed by atoms with Crippen molar-refractivity contribution in [3.05, 3.63) is 115 Å². The minimum atomic E-state index is -0.596. The Balaban J connectivity index is 1.74. The van der Waals surface area contributed by atoms with Crippen LogP contribution in [0.2, 0.25) is 0 Å². The van der Waals surface area contributed by atoms with Gasteiger partial charge in [-0.2, -0.15) is 0 Å². The third kappa shape index (κ3) is 3.07. The molecular formula is C26H19NO2. The van der Waals surface area contributed by atoms with Gasteiger partial charge in [-0.1, -0.05) is 84.9 Å². The summed E-state index contributed by atoms with van der Waals surface area (Å²) in [6.07, 6.45) is 0. The van der Waals surface area contributed by atoms with E-state index in [2.05, 4.69) is 28.8 Å². The van der Waals surface area contributed by atoms with Crippen molar-refractivity contribution in [2.75, 3.05) is 0 Å². The number of hydrogen-bond acceptors (Lipinski definition) is 2. The fourth-order valence-corrected chi connectivity index (χ4v) is 3.92. The van der Waals surface area contributed by atoms with Gasteiger partial charge in [0, 0.05) is 10.8 Å². The van der Waals surface area contributed by atoms with Crippen molar-refractivity contribution < 1.29 is 9.53 Å². The smallest absolute Gasteiger partial charge is 0.339 e. The van der Waals surface area contributed by atoms with Gasteiger partial charge in [0.15, 0.2) is 6.04 Å². The van der Waals surface area contributed by atoms with Gasteiger partial charge in [-0.3, -0.25) is 0 Å². The molecule has 0 saturated heterocycles. The van der Waals surface area contributed by atoms with Gasteiger partial charge in [0.1, 0.15) is 5.75 Å². The lowest BCUT2D eigenvalue weighted by Gasteiger charge is -2.20. The third-order valence-electron chi connectivity index (χ3n) is 5.18. The molecule has 3 heteroatoms. The maximum absolute atomic E-state index is 13.5. The second kappa shape index (κ2) is 7.28. The van der Waals surface area contributed by atoms with E-state index >= 15 is 0 Å². The Kier molecular flexibility index (Phi) is 4.34. The van der Waals surface area contributed by atoms with Crippen LogP contribution in [0.1, 0.15) is 11.6 Å². The number of benzene rings is 4. The maximum Gasteiger partial charge on any atom is 0.339 e. The molecule has 0 saturated carbocycles. The summed E-state index contributed by atoms with van der Waals surface area (Å²) in [6.45, 7) is 0. The molecule has 1 unspecified atom stereocenters. The normalized spacial score (nSPS) is 12.1. The van der Waals surface area contributed by atoms with E-state index in [9.17, 15) is 4.79 Å². The maximum atomic E-state index is 13.5. The summed E-state index contributed by atoms with van der Waals surface area (Å²) in [6, 6.07) is 34.8. The molecule has 0 aliphatic rings. The Morgan fingerprint density at radius 2 is 1.10 bits per heavy atom. The summed E-state index contributed by atoms with van der Waals surface area (Å²) in [5, 5.41) is 2.24. The molecule has 4 aromatic carbocycles. The van der Waals surface area contributed by atoms with E-state index in [1.807, 2.05) is 72.8 Å². The highest BCUT2D eigenvalue weighted by Crippen LogP contribution is 2.34. The predicted molar refractivity (Wildman–Crippen MR) is 116 cm³/mol. The monoisotopic (exact) mass is 377 g/mol. The molecule has 140 valence electrons. The summed E-state index contributed by atoms with van der Waals surface area (Å²) in [7, 11) is 0. The van der Waals surface area contributed by atoms with Crippen LogP contribution in [0.25, 0.3) is 21.8 Å². The first-order chi connectivity index (χ1) is 14.3. The number of ether oxygens (including phenoxy) is 1. The van der Waals surface area contributed by atoms with Crippen LogP contribution in [0.15, 0.2) is 109 Å². The highest BCUT2D eigenvalue weighted by atomic mass is 16.5. The number of carbonyl (C=O) groups is 1. The lowest BCUT2D eigenvalue weighted by atomic mass is 10.1. The van der Waals surface area contributed by atoms with E-state index < -0.39 is 6.04 Å². The van der Waals surface area contributed by atoms with Crippen molar-refractivity contribution in [1.82, 2.24) is 4.57 Å². The quantitative estimate of drug-likeness (QED) is 0.285. The van der Waals surface area contributed by atoms with E-state index in [0.717, 1.165) is 27.4 Å². The molecule has 0 fully saturated rings. The Hall–Kier alpha value is -3.85. The molecule has 1 atom stereocenters. The SMILES string of the molecule is O=C(Oc1ccccc1)C(c1ccccc1)n1c2ccccc2c2ccccc21. The number of para-hydroxylation sites is 3. The molecule has 0 bridgehead atoms. The summed E-state index contributed by atoms with van der Waals surface area (Å²) < 4.78 is 7.88. The zero-order valence-electron chi connectivity index (χ0n) is 15.7. The first-order valence-corrected chi connectivity index (χ1v) is 9.62. The molecule has 5 aromatic rings. The molecule has 0 radical (unpaired) electrons. The topological polar surface area (TPSA) is 31.2 Å². The van der Waals surface area contributed by atoms with Gasteiger partial charge < -0.3 is 9.30 Å². The van der Waals surface area contributed by atoms with Crippen LogP contribution in [0, 0.1) is 0 Å². The van der Waals surface area contributed by atoms with Crippen LogP contribution in [0.3, 0.4) is 0 Å². The van der Waals surface area contributed by atoms with Gasteiger partial charge in [0.2, 0.25) is 0 Å². The average molecular weight is 377 g/mol. The average Bonchev–Trinajstić information content (AvgIpc) is 3.10. The Labute approximate surface area is 168 Å². The number of carbonyl (C=O) groups excluding carboxylic acids is 1. The first-order valence-electron chi connectivity index (χ1n) is 9.62. The van der Waals surface area contributed by atoms with E-state index in [1.165, 1.54) is 0 Å². The molecule has 0 spiro atoms. The zero-order valence-corrected chi connectivity index (χ0v) is 15.7. The van der Waals surface area contributed by atoms with Gasteiger partial charge in [-0.05, 0) is 29.8 Å². The largest absolute Gasteiger partial charge is 0.425 e. The van der Waals surface area contributed by atoms with Crippen LogP contribution in [-0.2, 0) is 4.79 Å². The molecule has 0 aliphatic heterocycles. The molecule has 0 aliphatic carbocycles. The van der Waals surface area contributed by atoms with Crippen molar-refractivity contribution in [3.63, 3.8) is 0 Å². The minimum absolute atomic E-state index is 0.311. The molecular weight excluding hydrogens is 358 g/mol. The first kappa shape index (κ1) is 17.3. The minimum Gasteiger partial charge on any atom is -0.425 e. The lowest BCUT2D eigenvalue weighted by Crippen LogP contribution is -2.25. The predicted octanol–water partition coefficient (Wildman–Crippen LogP) is 5.99. The summed E-state index contributed by atoms with van der Waals surface area (Å²) in [5.74, 6) is 0.230. The number of nitrogens with zero attached hydrogens (tertiary/aromatic N) is 1. The van der Waals surface area contributed by atoms with Gasteiger partial charge in [0.05, 0.1) is 11.0 Å². The summed E-state index contributed by atoms with van der Waals surface area (Å²) in [5.41, 5.74) is 2.90. The zero-order chi connectivity index (χ0) is 19.6. The standard InChI is InChI=1S/C26H19NO2/c28-26(29-20-13-5-2-6-14-20)25(19-11-3-1-4-12-19)27-23-17-9-7-15-21(23)22-16-8-10-18-24(22)27/h1-18,25H. The summed E-state index contributed by atoms with van der Waals surface area (Å²) in [4.78, 5) is 13.5. The van der Waals surface area contributed by atoms with Gasteiger partial charge in [-0.15, -0.1) is 0 Å². The number of aromatic nitrogens is 1. The Morgan fingerprint density at radius 1 is 0.621 bits per heavy atom. The van der Waals surface area contributed by atoms with Crippen molar-refractivity contribution >= 4 is 27.8 Å². The van der Waals surface area contributed by atoms with E-state index in [-0.39, 0.29) is 5.97 Å². The van der Waals surface area contributed by atoms with Crippen molar-refractivity contribution in [2.24, 2.45) is 0 Å². The van der Waals surface area contributed by atoms with Crippen molar-refractivity contribution in [1.29, 1.82) is 0 Å². The van der Waals surface area contributed by atoms with Gasteiger partial charge in [-0.25, -0.2) is 4.79 Å². The van der Waals surface area contributed by atoms with Crippen LogP contribution in [0.4, 0.5) is 0 Å². The fourth-order valence-electron chi connectivity index (χ4n) is 3.92. The highest BCUT2D eigenvalue weighted by Gasteiger charge is 2.28. The van der Waals surface area contributed by atoms with E-state index in [0.29, 0.717) is 5.75 Å². The number of rotatable bonds is 4. The molecule has 1 aromatic heterocycles. The molecule has 0 amide bonds. The van der Waals surface area contributed by atoms with Crippen LogP contribution in [-0.4, -0.2) is 10.5 Å². The molecule has 5 rings (SSSR count). The lowest BCUT2D eigenvalue weighted by molar-refractivity contribution is -0.136. The number of fused-ring (bicyclic) bond motifs is 3. The number of hydrogen-bond donors (Lipinski definition) is 0. The summed E-state index contributed by atoms with van der Waals surface area (Å²) >= 11 is 0. The van der Waals surface area contributed by atoms with Crippen molar-refractivity contribution in [2.45, 2.75) is 6.04 Å². The Bertz CT molecular complexity index is 1240.